The van der Waals surface area contributed by atoms with Crippen LogP contribution in [0.1, 0.15) is 33.6 Å². The van der Waals surface area contributed by atoms with Gasteiger partial charge in [0.25, 0.3) is 0 Å². The van der Waals surface area contributed by atoms with E-state index in [0.717, 1.165) is 12.8 Å². The van der Waals surface area contributed by atoms with Crippen molar-refractivity contribution in [3.63, 3.8) is 0 Å². The molecule has 0 radical (unpaired) electrons. The molecule has 0 unspecified atom stereocenters. The largest absolute Gasteiger partial charge is 0.476 e. The zero-order valence-corrected chi connectivity index (χ0v) is 14.5. The zero-order chi connectivity index (χ0) is 17.0. The maximum absolute atomic E-state index is 12.0. The van der Waals surface area contributed by atoms with Crippen LogP contribution in [0.3, 0.4) is 0 Å². The van der Waals surface area contributed by atoms with Crippen LogP contribution in [-0.4, -0.2) is 46.3 Å². The Kier molecular flexibility index (Phi) is 5.51. The predicted octanol–water partition coefficient (Wildman–Crippen LogP) is 2.74. The summed E-state index contributed by atoms with van der Waals surface area (Å²) in [5, 5.41) is 0.235. The van der Waals surface area contributed by atoms with Crippen molar-refractivity contribution in [1.29, 1.82) is 0 Å². The summed E-state index contributed by atoms with van der Waals surface area (Å²) in [6.45, 7) is 7.39. The molecule has 0 saturated carbocycles. The number of piperidine rings is 1. The molecule has 7 nitrogen and oxygen atoms in total. The Morgan fingerprint density at radius 1 is 1.39 bits per heavy atom. The van der Waals surface area contributed by atoms with Crippen LogP contribution in [0.5, 0.6) is 5.88 Å². The molecule has 23 heavy (non-hydrogen) atoms. The van der Waals surface area contributed by atoms with Crippen molar-refractivity contribution < 1.29 is 14.3 Å². The second kappa shape index (κ2) is 7.21. The van der Waals surface area contributed by atoms with E-state index in [0.29, 0.717) is 31.5 Å². The van der Waals surface area contributed by atoms with Gasteiger partial charge < -0.3 is 20.1 Å². The number of hydrogen-bond donors (Lipinski definition) is 1. The van der Waals surface area contributed by atoms with E-state index in [4.69, 9.17) is 26.8 Å². The molecular formula is C15H23ClN4O3. The molecule has 2 N–H and O–H groups in total. The van der Waals surface area contributed by atoms with Crippen molar-refractivity contribution in [3.8, 4) is 5.88 Å². The highest BCUT2D eigenvalue weighted by Gasteiger charge is 2.27. The van der Waals surface area contributed by atoms with Crippen LogP contribution in [0, 0.1) is 5.92 Å². The minimum atomic E-state index is -0.471. The number of hydrogen-bond acceptors (Lipinski definition) is 6. The summed E-state index contributed by atoms with van der Waals surface area (Å²) in [5.41, 5.74) is 5.14. The number of likely N-dealkylation sites (tertiary alicyclic amines) is 1. The van der Waals surface area contributed by atoms with Crippen LogP contribution >= 0.6 is 11.6 Å². The van der Waals surface area contributed by atoms with Gasteiger partial charge in [0.15, 0.2) is 0 Å². The maximum Gasteiger partial charge on any atom is 0.410 e. The lowest BCUT2D eigenvalue weighted by Crippen LogP contribution is -2.42. The Bertz CT molecular complexity index is 554. The van der Waals surface area contributed by atoms with Crippen LogP contribution in [0.4, 0.5) is 10.6 Å². The minimum absolute atomic E-state index is 0.205. The fourth-order valence-electron chi connectivity index (χ4n) is 2.27. The number of carbonyl (C=O) groups excluding carboxylic acids is 1. The average molecular weight is 343 g/mol. The number of ether oxygens (including phenoxy) is 2. The third kappa shape index (κ3) is 5.13. The van der Waals surface area contributed by atoms with Gasteiger partial charge in [-0.3, -0.25) is 0 Å². The smallest absolute Gasteiger partial charge is 0.410 e. The zero-order valence-electron chi connectivity index (χ0n) is 13.7. The number of nitrogens with two attached hydrogens (primary N) is 1. The number of nitrogens with zero attached hydrogens (tertiary/aromatic N) is 3. The molecular weight excluding hydrogens is 320 g/mol. The number of anilines is 1. The highest BCUT2D eigenvalue weighted by molar-refractivity contribution is 6.33. The Labute approximate surface area is 141 Å². The topological polar surface area (TPSA) is 90.6 Å². The van der Waals surface area contributed by atoms with Gasteiger partial charge in [-0.05, 0) is 39.5 Å². The molecule has 1 aromatic heterocycles. The van der Waals surface area contributed by atoms with E-state index in [1.807, 2.05) is 20.8 Å². The van der Waals surface area contributed by atoms with Crippen LogP contribution in [-0.2, 0) is 4.74 Å². The van der Waals surface area contributed by atoms with Gasteiger partial charge >= 0.3 is 6.09 Å². The van der Waals surface area contributed by atoms with Gasteiger partial charge in [-0.2, -0.15) is 0 Å². The SMILES string of the molecule is CC(C)(C)OC(=O)N1CCC(COc2ncnc(N)c2Cl)CC1. The molecule has 8 heteroatoms. The van der Waals surface area contributed by atoms with Crippen LogP contribution in [0.2, 0.25) is 5.02 Å². The van der Waals surface area contributed by atoms with Gasteiger partial charge in [-0.25, -0.2) is 14.8 Å². The van der Waals surface area contributed by atoms with E-state index < -0.39 is 5.60 Å². The molecule has 0 aliphatic carbocycles. The number of aromatic nitrogens is 2. The van der Waals surface area contributed by atoms with Crippen LogP contribution in [0.15, 0.2) is 6.33 Å². The van der Waals surface area contributed by atoms with Crippen molar-refractivity contribution >= 4 is 23.5 Å². The summed E-state index contributed by atoms with van der Waals surface area (Å²) < 4.78 is 11.0. The fraction of sp³-hybridized carbons (Fsp3) is 0.667. The molecule has 0 atom stereocenters. The van der Waals surface area contributed by atoms with Crippen LogP contribution < -0.4 is 10.5 Å². The summed E-state index contributed by atoms with van der Waals surface area (Å²) in [7, 11) is 0. The normalized spacial score (nSPS) is 16.3. The first-order valence-corrected chi connectivity index (χ1v) is 8.01. The Hall–Kier alpha value is -1.76. The molecule has 1 fully saturated rings. The maximum atomic E-state index is 12.0. The Balaban J connectivity index is 1.79. The number of rotatable bonds is 3. The van der Waals surface area contributed by atoms with Crippen molar-refractivity contribution in [2.75, 3.05) is 25.4 Å². The van der Waals surface area contributed by atoms with Gasteiger partial charge in [-0.15, -0.1) is 0 Å². The van der Waals surface area contributed by atoms with Crippen molar-refractivity contribution in [2.45, 2.75) is 39.2 Å². The first-order valence-electron chi connectivity index (χ1n) is 7.63. The highest BCUT2D eigenvalue weighted by atomic mass is 35.5. The predicted molar refractivity (Wildman–Crippen MR) is 87.5 cm³/mol. The lowest BCUT2D eigenvalue weighted by Gasteiger charge is -2.33. The van der Waals surface area contributed by atoms with Gasteiger partial charge in [0.05, 0.1) is 6.61 Å². The first-order chi connectivity index (χ1) is 10.8. The lowest BCUT2D eigenvalue weighted by atomic mass is 9.98. The van der Waals surface area contributed by atoms with Gasteiger partial charge in [0, 0.05) is 13.1 Å². The van der Waals surface area contributed by atoms with E-state index in [1.54, 1.807) is 4.90 Å². The highest BCUT2D eigenvalue weighted by Crippen LogP contribution is 2.27. The molecule has 128 valence electrons. The molecule has 1 amide bonds. The third-order valence-corrected chi connectivity index (χ3v) is 3.86. The molecule has 1 aromatic rings. The Morgan fingerprint density at radius 3 is 2.65 bits per heavy atom. The third-order valence-electron chi connectivity index (χ3n) is 3.51. The molecule has 2 heterocycles. The summed E-state index contributed by atoms with van der Waals surface area (Å²) >= 11 is 5.99. The number of halogens is 1. The van der Waals surface area contributed by atoms with Crippen molar-refractivity contribution in [1.82, 2.24) is 14.9 Å². The lowest BCUT2D eigenvalue weighted by molar-refractivity contribution is 0.0164. The van der Waals surface area contributed by atoms with Gasteiger partial charge in [0.2, 0.25) is 5.88 Å². The van der Waals surface area contributed by atoms with E-state index in [2.05, 4.69) is 9.97 Å². The summed E-state index contributed by atoms with van der Waals surface area (Å²) in [6, 6.07) is 0. The fourth-order valence-corrected chi connectivity index (χ4v) is 2.42. The number of amides is 1. The molecule has 2 rings (SSSR count). The van der Waals surface area contributed by atoms with Gasteiger partial charge in [0.1, 0.15) is 22.8 Å². The van der Waals surface area contributed by atoms with E-state index >= 15 is 0 Å². The quantitative estimate of drug-likeness (QED) is 0.908. The molecule has 0 aromatic carbocycles. The molecule has 0 bridgehead atoms. The van der Waals surface area contributed by atoms with Gasteiger partial charge in [-0.1, -0.05) is 11.6 Å². The Morgan fingerprint density at radius 2 is 2.04 bits per heavy atom. The first kappa shape index (κ1) is 17.6. The summed E-state index contributed by atoms with van der Waals surface area (Å²) in [6.07, 6.45) is 2.75. The summed E-state index contributed by atoms with van der Waals surface area (Å²) in [4.78, 5) is 21.5. The van der Waals surface area contributed by atoms with E-state index in [-0.39, 0.29) is 16.9 Å². The van der Waals surface area contributed by atoms with E-state index in [1.165, 1.54) is 6.33 Å². The molecule has 1 aliphatic rings. The second-order valence-electron chi connectivity index (χ2n) is 6.60. The van der Waals surface area contributed by atoms with Crippen LogP contribution in [0.25, 0.3) is 0 Å². The van der Waals surface area contributed by atoms with Crippen molar-refractivity contribution in [2.24, 2.45) is 5.92 Å². The average Bonchev–Trinajstić information content (AvgIpc) is 2.47. The second-order valence-corrected chi connectivity index (χ2v) is 6.98. The van der Waals surface area contributed by atoms with E-state index in [9.17, 15) is 4.79 Å². The number of nitrogen functional groups attached to an aromatic ring is 1. The summed E-state index contributed by atoms with van der Waals surface area (Å²) in [5.74, 6) is 0.839. The monoisotopic (exact) mass is 342 g/mol. The standard InChI is InChI=1S/C15H23ClN4O3/c1-15(2,3)23-14(21)20-6-4-10(5-7-20)8-22-13-11(16)12(17)18-9-19-13/h9-10H,4-8H2,1-3H3,(H2,17,18,19). The molecule has 1 saturated heterocycles. The minimum Gasteiger partial charge on any atom is -0.476 e. The number of carbonyl (C=O) groups is 1. The van der Waals surface area contributed by atoms with Crippen molar-refractivity contribution in [3.05, 3.63) is 11.3 Å². The molecule has 1 aliphatic heterocycles. The molecule has 0 spiro atoms.